The van der Waals surface area contributed by atoms with Gasteiger partial charge in [0.2, 0.25) is 0 Å². The summed E-state index contributed by atoms with van der Waals surface area (Å²) >= 11 is 6.11. The SMILES string of the molecule is COc1ccc(Cl)cc1/C(O)=C1\C(=O)C(=O)N(CCCOC(C)C)C1c1ccc(O)cc1. The summed E-state index contributed by atoms with van der Waals surface area (Å²) in [4.78, 5) is 27.4. The zero-order valence-electron chi connectivity index (χ0n) is 18.2. The molecule has 0 aromatic heterocycles. The number of hydrogen-bond donors (Lipinski definition) is 2. The maximum atomic E-state index is 13.0. The summed E-state index contributed by atoms with van der Waals surface area (Å²) in [5.74, 6) is -1.52. The maximum absolute atomic E-state index is 13.0. The van der Waals surface area contributed by atoms with Gasteiger partial charge in [-0.15, -0.1) is 0 Å². The lowest BCUT2D eigenvalue weighted by atomic mass is 9.95. The van der Waals surface area contributed by atoms with E-state index < -0.39 is 17.7 Å². The van der Waals surface area contributed by atoms with E-state index >= 15 is 0 Å². The van der Waals surface area contributed by atoms with Gasteiger partial charge in [-0.2, -0.15) is 0 Å². The second-order valence-corrected chi connectivity index (χ2v) is 8.14. The van der Waals surface area contributed by atoms with Crippen LogP contribution in [0.15, 0.2) is 48.0 Å². The van der Waals surface area contributed by atoms with E-state index in [4.69, 9.17) is 21.1 Å². The molecule has 1 atom stereocenters. The summed E-state index contributed by atoms with van der Waals surface area (Å²) in [5, 5.41) is 21.2. The van der Waals surface area contributed by atoms with Gasteiger partial charge in [-0.3, -0.25) is 9.59 Å². The number of phenolic OH excluding ortho intramolecular Hbond substituents is 1. The number of amides is 1. The Hall–Kier alpha value is -3.03. The fourth-order valence-corrected chi connectivity index (χ4v) is 3.85. The van der Waals surface area contributed by atoms with Crippen LogP contribution in [0, 0.1) is 0 Å². The number of aliphatic hydroxyl groups is 1. The van der Waals surface area contributed by atoms with E-state index in [1.165, 1.54) is 30.2 Å². The molecule has 1 aliphatic rings. The quantitative estimate of drug-likeness (QED) is 0.264. The molecule has 1 heterocycles. The van der Waals surface area contributed by atoms with Crippen LogP contribution in [-0.2, 0) is 14.3 Å². The largest absolute Gasteiger partial charge is 0.508 e. The molecule has 0 spiro atoms. The minimum atomic E-state index is -0.835. The molecule has 1 fully saturated rings. The molecule has 0 aliphatic carbocycles. The van der Waals surface area contributed by atoms with E-state index in [2.05, 4.69) is 0 Å². The van der Waals surface area contributed by atoms with E-state index in [1.807, 2.05) is 13.8 Å². The second-order valence-electron chi connectivity index (χ2n) is 7.70. The first-order valence-corrected chi connectivity index (χ1v) is 10.6. The molecule has 7 nitrogen and oxygen atoms in total. The van der Waals surface area contributed by atoms with Gasteiger partial charge >= 0.3 is 0 Å². The first kappa shape index (κ1) is 23.6. The fourth-order valence-electron chi connectivity index (χ4n) is 3.68. The molecule has 170 valence electrons. The molecule has 0 radical (unpaired) electrons. The summed E-state index contributed by atoms with van der Waals surface area (Å²) in [6.45, 7) is 4.51. The van der Waals surface area contributed by atoms with Crippen molar-refractivity contribution < 1.29 is 29.3 Å². The summed E-state index contributed by atoms with van der Waals surface area (Å²) in [5.41, 5.74) is 0.727. The molecule has 1 amide bonds. The van der Waals surface area contributed by atoms with Gasteiger partial charge in [-0.25, -0.2) is 0 Å². The molecule has 8 heteroatoms. The number of benzene rings is 2. The van der Waals surface area contributed by atoms with Crippen LogP contribution in [-0.4, -0.2) is 53.2 Å². The molecule has 0 bridgehead atoms. The molecular formula is C24H26ClNO6. The number of carbonyl (C=O) groups excluding carboxylic acids is 2. The number of rotatable bonds is 8. The number of ether oxygens (including phenoxy) is 2. The van der Waals surface area contributed by atoms with Crippen LogP contribution in [0.2, 0.25) is 5.02 Å². The molecule has 1 aliphatic heterocycles. The smallest absolute Gasteiger partial charge is 0.295 e. The zero-order valence-corrected chi connectivity index (χ0v) is 18.9. The predicted octanol–water partition coefficient (Wildman–Crippen LogP) is 4.29. The van der Waals surface area contributed by atoms with E-state index in [-0.39, 0.29) is 35.3 Å². The monoisotopic (exact) mass is 459 g/mol. The molecule has 3 rings (SSSR count). The van der Waals surface area contributed by atoms with E-state index in [9.17, 15) is 19.8 Å². The first-order chi connectivity index (χ1) is 15.2. The highest BCUT2D eigenvalue weighted by Gasteiger charge is 2.46. The molecule has 2 aromatic carbocycles. The van der Waals surface area contributed by atoms with Crippen LogP contribution in [0.25, 0.3) is 5.76 Å². The standard InChI is InChI=1S/C24H26ClNO6/c1-14(2)32-12-4-11-26-21(15-5-8-17(27)9-6-15)20(23(29)24(26)30)22(28)18-13-16(25)7-10-19(18)31-3/h5-10,13-14,21,27-28H,4,11-12H2,1-3H3/b22-20+. The summed E-state index contributed by atoms with van der Waals surface area (Å²) in [7, 11) is 1.44. The second kappa shape index (κ2) is 10.1. The number of methoxy groups -OCH3 is 1. The van der Waals surface area contributed by atoms with Crippen molar-refractivity contribution in [2.24, 2.45) is 0 Å². The highest BCUT2D eigenvalue weighted by Crippen LogP contribution is 2.41. The molecule has 0 saturated carbocycles. The number of ketones is 1. The van der Waals surface area contributed by atoms with Crippen LogP contribution >= 0.6 is 11.6 Å². The van der Waals surface area contributed by atoms with Crippen molar-refractivity contribution in [3.05, 3.63) is 64.2 Å². The number of carbonyl (C=O) groups is 2. The Labute approximate surface area is 191 Å². The highest BCUT2D eigenvalue weighted by atomic mass is 35.5. The number of nitrogens with zero attached hydrogens (tertiary/aromatic N) is 1. The number of likely N-dealkylation sites (tertiary alicyclic amines) is 1. The average molecular weight is 460 g/mol. The number of aliphatic hydroxyl groups excluding tert-OH is 1. The molecule has 1 unspecified atom stereocenters. The summed E-state index contributed by atoms with van der Waals surface area (Å²) in [6, 6.07) is 9.99. The normalized spacial score (nSPS) is 17.9. The first-order valence-electron chi connectivity index (χ1n) is 10.3. The Balaban J connectivity index is 2.09. The summed E-state index contributed by atoms with van der Waals surface area (Å²) in [6.07, 6.45) is 0.564. The van der Waals surface area contributed by atoms with Crippen LogP contribution in [0.1, 0.15) is 37.4 Å². The van der Waals surface area contributed by atoms with Crippen LogP contribution in [0.4, 0.5) is 0 Å². The van der Waals surface area contributed by atoms with E-state index in [1.54, 1.807) is 24.3 Å². The van der Waals surface area contributed by atoms with E-state index in [0.717, 1.165) is 0 Å². The number of aromatic hydroxyl groups is 1. The minimum absolute atomic E-state index is 0.0487. The van der Waals surface area contributed by atoms with Gasteiger partial charge in [0.1, 0.15) is 17.3 Å². The van der Waals surface area contributed by atoms with Crippen molar-refractivity contribution in [2.75, 3.05) is 20.3 Å². The Morgan fingerprint density at radius 1 is 1.16 bits per heavy atom. The van der Waals surface area contributed by atoms with Crippen molar-refractivity contribution >= 4 is 29.1 Å². The molecule has 2 N–H and O–H groups in total. The third-order valence-electron chi connectivity index (χ3n) is 5.16. The van der Waals surface area contributed by atoms with Gasteiger partial charge in [-0.05, 0) is 56.2 Å². The number of hydrogen-bond acceptors (Lipinski definition) is 6. The lowest BCUT2D eigenvalue weighted by Crippen LogP contribution is -2.31. The Bertz CT molecular complexity index is 1030. The van der Waals surface area contributed by atoms with Crippen molar-refractivity contribution in [2.45, 2.75) is 32.4 Å². The van der Waals surface area contributed by atoms with Gasteiger partial charge in [0.15, 0.2) is 0 Å². The average Bonchev–Trinajstić information content (AvgIpc) is 3.01. The van der Waals surface area contributed by atoms with Gasteiger partial charge in [0.05, 0.1) is 30.4 Å². The van der Waals surface area contributed by atoms with Crippen molar-refractivity contribution in [3.63, 3.8) is 0 Å². The lowest BCUT2D eigenvalue weighted by molar-refractivity contribution is -0.140. The van der Waals surface area contributed by atoms with Crippen LogP contribution in [0.3, 0.4) is 0 Å². The number of phenols is 1. The molecule has 1 saturated heterocycles. The molecule has 32 heavy (non-hydrogen) atoms. The molecule has 2 aromatic rings. The van der Waals surface area contributed by atoms with Gasteiger partial charge in [-0.1, -0.05) is 23.7 Å². The maximum Gasteiger partial charge on any atom is 0.295 e. The van der Waals surface area contributed by atoms with E-state index in [0.29, 0.717) is 29.4 Å². The van der Waals surface area contributed by atoms with Crippen LogP contribution < -0.4 is 4.74 Å². The Morgan fingerprint density at radius 3 is 2.47 bits per heavy atom. The summed E-state index contributed by atoms with van der Waals surface area (Å²) < 4.78 is 10.9. The third kappa shape index (κ3) is 4.89. The van der Waals surface area contributed by atoms with Crippen molar-refractivity contribution in [1.82, 2.24) is 4.90 Å². The minimum Gasteiger partial charge on any atom is -0.508 e. The lowest BCUT2D eigenvalue weighted by Gasteiger charge is -2.25. The zero-order chi connectivity index (χ0) is 23.4. The van der Waals surface area contributed by atoms with Crippen molar-refractivity contribution in [1.29, 1.82) is 0 Å². The van der Waals surface area contributed by atoms with Gasteiger partial charge in [0.25, 0.3) is 11.7 Å². The topological polar surface area (TPSA) is 96.3 Å². The number of halogens is 1. The van der Waals surface area contributed by atoms with Crippen LogP contribution in [0.5, 0.6) is 11.5 Å². The Kier molecular flexibility index (Phi) is 7.43. The highest BCUT2D eigenvalue weighted by molar-refractivity contribution is 6.46. The third-order valence-corrected chi connectivity index (χ3v) is 5.40. The fraction of sp³-hybridized carbons (Fsp3) is 0.333. The predicted molar refractivity (Wildman–Crippen MR) is 121 cm³/mol. The Morgan fingerprint density at radius 2 is 1.84 bits per heavy atom. The molecular weight excluding hydrogens is 434 g/mol. The number of Topliss-reactive ketones (excluding diaryl/α,β-unsaturated/α-hetero) is 1. The van der Waals surface area contributed by atoms with Gasteiger partial charge in [0, 0.05) is 18.2 Å². The van der Waals surface area contributed by atoms with Crippen molar-refractivity contribution in [3.8, 4) is 11.5 Å². The van der Waals surface area contributed by atoms with Gasteiger partial charge < -0.3 is 24.6 Å².